The van der Waals surface area contributed by atoms with Crippen LogP contribution >= 0.6 is 0 Å². The molecular weight excluding hydrogens is 369 g/mol. The molecule has 0 amide bonds. The molecule has 1 aromatic heterocycles. The molecule has 0 fully saturated rings. The summed E-state index contributed by atoms with van der Waals surface area (Å²) in [6.45, 7) is 2.82. The largest absolute Gasteiger partial charge is 1.00 e. The van der Waals surface area contributed by atoms with E-state index < -0.39 is 5.97 Å². The Balaban J connectivity index is 0.00000261. The van der Waals surface area contributed by atoms with Gasteiger partial charge in [-0.1, -0.05) is 61.3 Å². The number of carboxylic acid groups (broad SMARTS) is 1. The van der Waals surface area contributed by atoms with Gasteiger partial charge < -0.3 is 19.2 Å². The van der Waals surface area contributed by atoms with Crippen molar-refractivity contribution in [2.45, 2.75) is 26.2 Å². The number of carboxylic acids is 1. The van der Waals surface area contributed by atoms with E-state index in [1.54, 1.807) is 12.1 Å². The summed E-state index contributed by atoms with van der Waals surface area (Å²) < 4.78 is 11.4. The van der Waals surface area contributed by atoms with E-state index >= 15 is 0 Å². The van der Waals surface area contributed by atoms with Crippen LogP contribution in [-0.2, 0) is 0 Å². The van der Waals surface area contributed by atoms with Crippen LogP contribution in [0.25, 0.3) is 22.6 Å². The van der Waals surface area contributed by atoms with Crippen LogP contribution in [0.15, 0.2) is 59.1 Å². The van der Waals surface area contributed by atoms with Crippen molar-refractivity contribution in [3.63, 3.8) is 0 Å². The molecule has 3 rings (SSSR count). The average Bonchev–Trinajstić information content (AvgIpc) is 3.15. The zero-order valence-corrected chi connectivity index (χ0v) is 18.7. The van der Waals surface area contributed by atoms with Gasteiger partial charge in [-0.3, -0.25) is 0 Å². The first-order valence-corrected chi connectivity index (χ1v) is 8.69. The Morgan fingerprint density at radius 2 is 1.85 bits per heavy atom. The van der Waals surface area contributed by atoms with Gasteiger partial charge >= 0.3 is 51.4 Å². The fourth-order valence-corrected chi connectivity index (χ4v) is 2.65. The first-order chi connectivity index (χ1) is 12.7. The van der Waals surface area contributed by atoms with Gasteiger partial charge in [-0.15, -0.1) is 0 Å². The maximum absolute atomic E-state index is 10.8. The van der Waals surface area contributed by atoms with Crippen LogP contribution < -0.4 is 61.2 Å². The maximum atomic E-state index is 10.8. The summed E-state index contributed by atoms with van der Waals surface area (Å²) in [7, 11) is 0. The van der Waals surface area contributed by atoms with Gasteiger partial charge in [0.1, 0.15) is 11.4 Å². The molecule has 0 aliphatic carbocycles. The van der Waals surface area contributed by atoms with Crippen molar-refractivity contribution in [3.8, 4) is 28.3 Å². The zero-order chi connectivity index (χ0) is 18.4. The number of benzene rings is 2. The topological polar surface area (TPSA) is 75.4 Å². The van der Waals surface area contributed by atoms with Crippen molar-refractivity contribution >= 4 is 5.97 Å². The second kappa shape index (κ2) is 10.8. The molecule has 1 heterocycles. The molecule has 134 valence electrons. The molecule has 2 aromatic carbocycles. The Hall–Kier alpha value is -1.44. The van der Waals surface area contributed by atoms with E-state index in [1.165, 1.54) is 12.1 Å². The number of hydrogen-bond donors (Lipinski definition) is 0. The summed E-state index contributed by atoms with van der Waals surface area (Å²) in [5.74, 6) is 0.167. The van der Waals surface area contributed by atoms with E-state index in [9.17, 15) is 9.90 Å². The fraction of sp³-hybridized carbons (Fsp3) is 0.238. The van der Waals surface area contributed by atoms with Crippen LogP contribution in [-0.4, -0.2) is 17.7 Å². The second-order valence-corrected chi connectivity index (χ2v) is 5.99. The number of para-hydroxylation sites is 1. The summed E-state index contributed by atoms with van der Waals surface area (Å²) in [5.41, 5.74) is 2.37. The molecule has 0 aliphatic rings. The molecule has 27 heavy (non-hydrogen) atoms. The first-order valence-electron chi connectivity index (χ1n) is 8.69. The average molecular weight is 389 g/mol. The van der Waals surface area contributed by atoms with E-state index in [4.69, 9.17) is 9.26 Å². The molecular formula is C21H20KNO4. The Bertz CT molecular complexity index is 874. The van der Waals surface area contributed by atoms with Crippen molar-refractivity contribution in [2.75, 3.05) is 6.61 Å². The third kappa shape index (κ3) is 5.76. The van der Waals surface area contributed by atoms with Crippen LogP contribution in [0.4, 0.5) is 0 Å². The molecule has 0 atom stereocenters. The number of nitrogens with zero attached hydrogens (tertiary/aromatic N) is 1. The van der Waals surface area contributed by atoms with E-state index in [0.717, 1.165) is 36.1 Å². The smallest absolute Gasteiger partial charge is 0.545 e. The Morgan fingerprint density at radius 3 is 2.56 bits per heavy atom. The van der Waals surface area contributed by atoms with Crippen LogP contribution in [0, 0.1) is 0 Å². The van der Waals surface area contributed by atoms with Gasteiger partial charge in [-0.25, -0.2) is 0 Å². The summed E-state index contributed by atoms with van der Waals surface area (Å²) in [6, 6.07) is 15.9. The van der Waals surface area contributed by atoms with E-state index in [0.29, 0.717) is 18.1 Å². The Labute approximate surface area is 201 Å². The van der Waals surface area contributed by atoms with Crippen molar-refractivity contribution in [1.29, 1.82) is 0 Å². The van der Waals surface area contributed by atoms with Gasteiger partial charge in [0, 0.05) is 11.6 Å². The molecule has 0 saturated carbocycles. The van der Waals surface area contributed by atoms with Gasteiger partial charge in [0.2, 0.25) is 0 Å². The molecule has 0 spiro atoms. The molecule has 5 nitrogen and oxygen atoms in total. The predicted molar refractivity (Wildman–Crippen MR) is 96.7 cm³/mol. The van der Waals surface area contributed by atoms with E-state index in [1.807, 2.05) is 30.3 Å². The zero-order valence-electron chi connectivity index (χ0n) is 15.6. The van der Waals surface area contributed by atoms with Crippen LogP contribution in [0.3, 0.4) is 0 Å². The first kappa shape index (κ1) is 21.9. The summed E-state index contributed by atoms with van der Waals surface area (Å²) in [4.78, 5) is 10.8. The SMILES string of the molecule is CCCCCOc1ccccc1-c1cc(-c2ccc(C(=O)[O-])cc2)no1.[K+]. The quantitative estimate of drug-likeness (QED) is 0.423. The normalized spacial score (nSPS) is 10.3. The number of hydrogen-bond acceptors (Lipinski definition) is 5. The number of aromatic carboxylic acids is 1. The summed E-state index contributed by atoms with van der Waals surface area (Å²) in [5, 5.41) is 14.9. The minimum atomic E-state index is -1.20. The standard InChI is InChI=1S/C21H21NO4.K/c1-2-3-6-13-25-19-8-5-4-7-17(19)20-14-18(22-26-20)15-9-11-16(12-10-15)21(23)24;/h4-5,7-12,14H,2-3,6,13H2,1H3,(H,23,24);/q;+1/p-1. The molecule has 0 aliphatic heterocycles. The Kier molecular flexibility index (Phi) is 8.72. The molecule has 0 unspecified atom stereocenters. The maximum Gasteiger partial charge on any atom is 1.00 e. The van der Waals surface area contributed by atoms with Gasteiger partial charge in [-0.05, 0) is 24.1 Å². The van der Waals surface area contributed by atoms with Gasteiger partial charge in [0.05, 0.1) is 18.1 Å². The molecule has 6 heteroatoms. The molecule has 0 radical (unpaired) electrons. The molecule has 0 N–H and O–H groups in total. The molecule has 0 saturated heterocycles. The monoisotopic (exact) mass is 389 g/mol. The van der Waals surface area contributed by atoms with Gasteiger partial charge in [0.15, 0.2) is 5.76 Å². The van der Waals surface area contributed by atoms with Crippen LogP contribution in [0.5, 0.6) is 5.75 Å². The minimum Gasteiger partial charge on any atom is -0.545 e. The summed E-state index contributed by atoms with van der Waals surface area (Å²) in [6.07, 6.45) is 3.29. The van der Waals surface area contributed by atoms with Gasteiger partial charge in [0.25, 0.3) is 0 Å². The molecule has 0 bridgehead atoms. The van der Waals surface area contributed by atoms with Crippen LogP contribution in [0.1, 0.15) is 36.5 Å². The van der Waals surface area contributed by atoms with Crippen molar-refractivity contribution in [3.05, 3.63) is 60.2 Å². The minimum absolute atomic E-state index is 0. The summed E-state index contributed by atoms with van der Waals surface area (Å²) >= 11 is 0. The third-order valence-electron chi connectivity index (χ3n) is 4.08. The van der Waals surface area contributed by atoms with Crippen LogP contribution in [0.2, 0.25) is 0 Å². The third-order valence-corrected chi connectivity index (χ3v) is 4.08. The number of rotatable bonds is 8. The fourth-order valence-electron chi connectivity index (χ4n) is 2.65. The Morgan fingerprint density at radius 1 is 1.11 bits per heavy atom. The number of carbonyl (C=O) groups is 1. The molecule has 3 aromatic rings. The van der Waals surface area contributed by atoms with Crippen molar-refractivity contribution in [1.82, 2.24) is 5.16 Å². The van der Waals surface area contributed by atoms with E-state index in [-0.39, 0.29) is 56.9 Å². The van der Waals surface area contributed by atoms with Gasteiger partial charge in [-0.2, -0.15) is 0 Å². The number of aromatic nitrogens is 1. The second-order valence-electron chi connectivity index (χ2n) is 5.99. The number of carbonyl (C=O) groups excluding carboxylic acids is 1. The predicted octanol–water partition coefficient (Wildman–Crippen LogP) is 0.945. The van der Waals surface area contributed by atoms with E-state index in [2.05, 4.69) is 12.1 Å². The van der Waals surface area contributed by atoms with Crippen molar-refractivity contribution < 1.29 is 70.5 Å². The number of unbranched alkanes of at least 4 members (excludes halogenated alkanes) is 2. The number of ether oxygens (including phenoxy) is 1. The van der Waals surface area contributed by atoms with Crippen molar-refractivity contribution in [2.24, 2.45) is 0 Å².